The zero-order chi connectivity index (χ0) is 48.8. The third-order valence-electron chi connectivity index (χ3n) is 13.6. The zero-order valence-corrected chi connectivity index (χ0v) is 41.2. The molecule has 0 radical (unpaired) electrons. The van der Waals surface area contributed by atoms with Crippen LogP contribution in [0.15, 0.2) is 35.5 Å². The molecule has 370 valence electrons. The number of ether oxygens (including phenoxy) is 8. The highest BCUT2D eigenvalue weighted by Gasteiger charge is 2.54. The molecule has 1 aromatic rings. The number of likely N-dealkylation sites (N-methyl/N-ethyl adjacent to an activating group) is 1. The van der Waals surface area contributed by atoms with Crippen molar-refractivity contribution < 1.29 is 72.4 Å². The Morgan fingerprint density at radius 2 is 1.51 bits per heavy atom. The summed E-state index contributed by atoms with van der Waals surface area (Å²) in [4.78, 5) is 47.3. The summed E-state index contributed by atoms with van der Waals surface area (Å²) < 4.78 is 50.3. The van der Waals surface area contributed by atoms with Crippen molar-refractivity contribution in [3.05, 3.63) is 35.9 Å². The number of oxime groups is 1. The van der Waals surface area contributed by atoms with Crippen LogP contribution >= 0.6 is 0 Å². The van der Waals surface area contributed by atoms with Crippen LogP contribution in [0.25, 0.3) is 0 Å². The van der Waals surface area contributed by atoms with Crippen LogP contribution in [0, 0.1) is 23.7 Å². The van der Waals surface area contributed by atoms with Crippen LogP contribution in [0.4, 0.5) is 0 Å². The van der Waals surface area contributed by atoms with Gasteiger partial charge in [-0.1, -0.05) is 63.2 Å². The summed E-state index contributed by atoms with van der Waals surface area (Å²) in [7, 11) is 5.25. The van der Waals surface area contributed by atoms with Crippen molar-refractivity contribution in [2.75, 3.05) is 21.2 Å². The van der Waals surface area contributed by atoms with E-state index >= 15 is 0 Å². The summed E-state index contributed by atoms with van der Waals surface area (Å²) in [6.45, 7) is 19.8. The van der Waals surface area contributed by atoms with E-state index in [9.17, 15) is 29.7 Å². The van der Waals surface area contributed by atoms with Gasteiger partial charge in [0.05, 0.1) is 53.8 Å². The number of carbonyl (C=O) groups is 3. The van der Waals surface area contributed by atoms with Crippen LogP contribution in [0.2, 0.25) is 0 Å². The van der Waals surface area contributed by atoms with E-state index in [1.54, 1.807) is 48.5 Å². The molecule has 0 aromatic heterocycles. The molecule has 3 saturated heterocycles. The molecule has 3 fully saturated rings. The minimum atomic E-state index is -1.98. The highest BCUT2D eigenvalue weighted by Crippen LogP contribution is 2.42. The van der Waals surface area contributed by atoms with E-state index in [1.165, 1.54) is 27.9 Å². The molecule has 0 amide bonds. The molecule has 18 atom stereocenters. The number of rotatable bonds is 12. The first-order valence-corrected chi connectivity index (χ1v) is 23.0. The molecule has 4 rings (SSSR count). The van der Waals surface area contributed by atoms with Crippen molar-refractivity contribution in [1.29, 1.82) is 0 Å². The van der Waals surface area contributed by atoms with E-state index in [4.69, 9.17) is 42.7 Å². The molecule has 3 N–H and O–H groups in total. The molecule has 0 unspecified atom stereocenters. The maximum Gasteiger partial charge on any atom is 0.311 e. The quantitative estimate of drug-likeness (QED) is 0.144. The lowest BCUT2D eigenvalue weighted by molar-refractivity contribution is -0.319. The summed E-state index contributed by atoms with van der Waals surface area (Å²) in [5.41, 5.74) is -3.70. The Kier molecular flexibility index (Phi) is 19.0. The van der Waals surface area contributed by atoms with Gasteiger partial charge in [0.1, 0.15) is 23.9 Å². The second-order valence-electron chi connectivity index (χ2n) is 19.5. The highest BCUT2D eigenvalue weighted by molar-refractivity contribution is 5.88. The molecular weight excluding hydrogens is 845 g/mol. The highest BCUT2D eigenvalue weighted by atomic mass is 16.7. The van der Waals surface area contributed by atoms with Gasteiger partial charge < -0.3 is 63.0 Å². The number of carbonyl (C=O) groups excluding carboxylic acids is 3. The monoisotopic (exact) mass is 923 g/mol. The maximum atomic E-state index is 14.6. The first-order chi connectivity index (χ1) is 30.3. The van der Waals surface area contributed by atoms with Gasteiger partial charge in [-0.3, -0.25) is 14.4 Å². The van der Waals surface area contributed by atoms with Crippen LogP contribution < -0.4 is 0 Å². The van der Waals surface area contributed by atoms with Crippen molar-refractivity contribution in [3.8, 4) is 0 Å². The van der Waals surface area contributed by atoms with E-state index in [2.05, 4.69) is 5.16 Å². The van der Waals surface area contributed by atoms with Crippen molar-refractivity contribution in [2.45, 2.75) is 200 Å². The molecule has 65 heavy (non-hydrogen) atoms. The molecular formula is C48H78N2O15. The maximum absolute atomic E-state index is 14.6. The third kappa shape index (κ3) is 13.3. The van der Waals surface area contributed by atoms with E-state index in [0.717, 1.165) is 5.56 Å². The normalized spacial score (nSPS) is 41.9. The number of methoxy groups -OCH3 is 1. The predicted octanol–water partition coefficient (Wildman–Crippen LogP) is 4.93. The fourth-order valence-electron chi connectivity index (χ4n) is 10.0. The molecule has 17 nitrogen and oxygen atoms in total. The van der Waals surface area contributed by atoms with Gasteiger partial charge in [-0.2, -0.15) is 0 Å². The Hall–Kier alpha value is -3.26. The average molecular weight is 923 g/mol. The van der Waals surface area contributed by atoms with Crippen molar-refractivity contribution in [1.82, 2.24) is 4.90 Å². The SMILES string of the molecule is CC[C@H]1OC(=O)[C@H](C)[C@@H](O[C@H]2C[C@@](C)(OC)[C@@H](OC(C)=O)[C@H](C)O2)[C@H](C)[C@@H](O[C@@H]2O[C@H](C)C[C@H](N(C)C)[C@H]2OC(C)=O)[C@@](C)(O)C[C@@H](C)/C(=N/OCc2ccccc2)[C@H](C)[C@@H](O)[C@]1(C)O. The molecule has 3 heterocycles. The van der Waals surface area contributed by atoms with Gasteiger partial charge in [0, 0.05) is 45.1 Å². The number of cyclic esters (lactones) is 1. The van der Waals surface area contributed by atoms with Crippen molar-refractivity contribution in [2.24, 2.45) is 28.8 Å². The van der Waals surface area contributed by atoms with Crippen LogP contribution in [-0.2, 0) is 63.7 Å². The lowest BCUT2D eigenvalue weighted by atomic mass is 9.73. The van der Waals surface area contributed by atoms with E-state index in [0.29, 0.717) is 12.1 Å². The van der Waals surface area contributed by atoms with Crippen LogP contribution in [0.1, 0.15) is 114 Å². The van der Waals surface area contributed by atoms with Crippen LogP contribution in [-0.4, -0.2) is 149 Å². The van der Waals surface area contributed by atoms with Crippen LogP contribution in [0.3, 0.4) is 0 Å². The predicted molar refractivity (Wildman–Crippen MR) is 239 cm³/mol. The first-order valence-electron chi connectivity index (χ1n) is 23.0. The van der Waals surface area contributed by atoms with Gasteiger partial charge in [0.25, 0.3) is 0 Å². The lowest BCUT2D eigenvalue weighted by Crippen LogP contribution is -2.62. The van der Waals surface area contributed by atoms with E-state index in [-0.39, 0.29) is 38.0 Å². The first kappa shape index (κ1) is 54.3. The molecule has 3 aliphatic heterocycles. The summed E-state index contributed by atoms with van der Waals surface area (Å²) >= 11 is 0. The average Bonchev–Trinajstić information content (AvgIpc) is 3.22. The largest absolute Gasteiger partial charge is 0.459 e. The molecule has 0 aliphatic carbocycles. The Bertz CT molecular complexity index is 1740. The zero-order valence-electron chi connectivity index (χ0n) is 41.2. The second kappa shape index (κ2) is 22.7. The minimum Gasteiger partial charge on any atom is -0.459 e. The number of nitrogens with zero attached hydrogens (tertiary/aromatic N) is 2. The number of hydrogen-bond donors (Lipinski definition) is 3. The van der Waals surface area contributed by atoms with E-state index < -0.39 is 114 Å². The topological polar surface area (TPSA) is 211 Å². The number of benzene rings is 1. The fraction of sp³-hybridized carbons (Fsp3) is 0.792. The Morgan fingerprint density at radius 1 is 0.877 bits per heavy atom. The van der Waals surface area contributed by atoms with Crippen molar-refractivity contribution in [3.63, 3.8) is 0 Å². The molecule has 0 bridgehead atoms. The minimum absolute atomic E-state index is 0.0438. The Labute approximate surface area is 385 Å². The standard InChI is InChI=1S/C48H78N2O15/c1-16-36-48(12,56)41(53)28(4)38(49-58-25-34-20-18-17-19-21-34)26(2)23-46(10,55)42(65-45-40(61-32(8)51)35(50(13)14)22-27(3)59-45)29(5)39(30(6)44(54)63-36)64-37-24-47(11,57-15)43(31(7)60-37)62-33(9)52/h17-21,26-31,35-37,39-43,45,53,55-56H,16,22-25H2,1-15H3/b49-38-/t26-,27-,28+,29+,30-,31+,35+,36-,37+,39+,40-,41-,42-,43+,45+,46+,47-,48-/m1/s1. The van der Waals surface area contributed by atoms with Gasteiger partial charge >= 0.3 is 17.9 Å². The number of aliphatic hydroxyl groups is 3. The van der Waals surface area contributed by atoms with Crippen LogP contribution in [0.5, 0.6) is 0 Å². The van der Waals surface area contributed by atoms with Gasteiger partial charge in [0.2, 0.25) is 0 Å². The van der Waals surface area contributed by atoms with E-state index in [1.807, 2.05) is 63.2 Å². The Morgan fingerprint density at radius 3 is 2.08 bits per heavy atom. The summed E-state index contributed by atoms with van der Waals surface area (Å²) in [5.74, 6) is -5.33. The smallest absolute Gasteiger partial charge is 0.311 e. The lowest BCUT2D eigenvalue weighted by Gasteiger charge is -2.49. The number of esters is 3. The Balaban J connectivity index is 1.91. The summed E-state index contributed by atoms with van der Waals surface area (Å²) in [6.07, 6.45) is -9.45. The molecule has 0 saturated carbocycles. The summed E-state index contributed by atoms with van der Waals surface area (Å²) in [5, 5.41) is 41.8. The fourth-order valence-corrected chi connectivity index (χ4v) is 10.0. The van der Waals surface area contributed by atoms with Gasteiger partial charge in [-0.25, -0.2) is 0 Å². The third-order valence-corrected chi connectivity index (χ3v) is 13.6. The number of hydrogen-bond acceptors (Lipinski definition) is 17. The number of aliphatic hydroxyl groups excluding tert-OH is 1. The van der Waals surface area contributed by atoms with Gasteiger partial charge in [-0.15, -0.1) is 0 Å². The van der Waals surface area contributed by atoms with Gasteiger partial charge in [0.15, 0.2) is 24.8 Å². The molecule has 17 heteroatoms. The molecule has 1 aromatic carbocycles. The molecule has 3 aliphatic rings. The van der Waals surface area contributed by atoms with Gasteiger partial charge in [-0.05, 0) is 80.5 Å². The van der Waals surface area contributed by atoms with Crippen molar-refractivity contribution >= 4 is 23.6 Å². The summed E-state index contributed by atoms with van der Waals surface area (Å²) in [6, 6.07) is 9.09. The molecule has 0 spiro atoms. The second-order valence-corrected chi connectivity index (χ2v) is 19.5.